The van der Waals surface area contributed by atoms with Crippen molar-refractivity contribution in [2.75, 3.05) is 5.32 Å². The topological polar surface area (TPSA) is 66.4 Å². The molecule has 1 aliphatic carbocycles. The summed E-state index contributed by atoms with van der Waals surface area (Å²) in [7, 11) is 0. The fourth-order valence-electron chi connectivity index (χ4n) is 3.94. The van der Waals surface area contributed by atoms with Gasteiger partial charge in [0.05, 0.1) is 23.1 Å². The molecular formula is C21H18BrF4NO3. The first-order chi connectivity index (χ1) is 14.1. The number of anilines is 1. The highest BCUT2D eigenvalue weighted by atomic mass is 79.9. The fraction of sp³-hybridized carbons (Fsp3) is 0.333. The van der Waals surface area contributed by atoms with E-state index in [9.17, 15) is 32.3 Å². The van der Waals surface area contributed by atoms with Crippen LogP contribution in [-0.4, -0.2) is 17.0 Å². The van der Waals surface area contributed by atoms with Crippen LogP contribution < -0.4 is 5.32 Å². The molecule has 0 aliphatic heterocycles. The van der Waals surface area contributed by atoms with Crippen molar-refractivity contribution >= 4 is 33.5 Å². The van der Waals surface area contributed by atoms with Gasteiger partial charge in [-0.1, -0.05) is 34.5 Å². The molecule has 1 amide bonds. The van der Waals surface area contributed by atoms with Gasteiger partial charge in [0.25, 0.3) is 0 Å². The lowest BCUT2D eigenvalue weighted by atomic mass is 9.69. The second-order valence-electron chi connectivity index (χ2n) is 7.24. The van der Waals surface area contributed by atoms with E-state index in [0.29, 0.717) is 25.0 Å². The van der Waals surface area contributed by atoms with Gasteiger partial charge in [0.2, 0.25) is 5.91 Å². The van der Waals surface area contributed by atoms with Crippen LogP contribution >= 0.6 is 15.9 Å². The third kappa shape index (κ3) is 4.83. The van der Waals surface area contributed by atoms with Gasteiger partial charge in [-0.25, -0.2) is 4.39 Å². The van der Waals surface area contributed by atoms with Crippen molar-refractivity contribution in [3.8, 4) is 0 Å². The van der Waals surface area contributed by atoms with E-state index in [1.807, 2.05) is 0 Å². The zero-order chi connectivity index (χ0) is 22.1. The number of aliphatic carboxylic acids is 1. The Kier molecular flexibility index (Phi) is 6.50. The number of alkyl halides is 3. The summed E-state index contributed by atoms with van der Waals surface area (Å²) in [5.41, 5.74) is -0.805. The quantitative estimate of drug-likeness (QED) is 0.533. The molecule has 2 N–H and O–H groups in total. The Morgan fingerprint density at radius 3 is 2.30 bits per heavy atom. The van der Waals surface area contributed by atoms with Gasteiger partial charge in [-0.05, 0) is 54.7 Å². The average Bonchev–Trinajstić information content (AvgIpc) is 2.68. The Bertz CT molecular complexity index is 946. The van der Waals surface area contributed by atoms with E-state index < -0.39 is 52.9 Å². The molecule has 0 unspecified atom stereocenters. The number of carbonyl (C=O) groups is 2. The maximum atomic E-state index is 14.1. The van der Waals surface area contributed by atoms with Crippen molar-refractivity contribution in [3.63, 3.8) is 0 Å². The maximum Gasteiger partial charge on any atom is 0.416 e. The average molecular weight is 488 g/mol. The van der Waals surface area contributed by atoms with Crippen LogP contribution in [0.4, 0.5) is 23.2 Å². The Labute approximate surface area is 178 Å². The van der Waals surface area contributed by atoms with Crippen molar-refractivity contribution in [2.45, 2.75) is 31.4 Å². The van der Waals surface area contributed by atoms with Gasteiger partial charge in [-0.2, -0.15) is 13.2 Å². The summed E-state index contributed by atoms with van der Waals surface area (Å²) in [6.45, 7) is 0. The van der Waals surface area contributed by atoms with Gasteiger partial charge >= 0.3 is 12.1 Å². The van der Waals surface area contributed by atoms with Gasteiger partial charge in [-0.3, -0.25) is 9.59 Å². The van der Waals surface area contributed by atoms with Crippen LogP contribution in [0.1, 0.15) is 36.3 Å². The number of hydrogen-bond donors (Lipinski definition) is 2. The summed E-state index contributed by atoms with van der Waals surface area (Å²) < 4.78 is 53.0. The largest absolute Gasteiger partial charge is 0.481 e. The minimum absolute atomic E-state index is 0.290. The monoisotopic (exact) mass is 487 g/mol. The molecule has 9 heteroatoms. The number of halogens is 5. The third-order valence-corrected chi connectivity index (χ3v) is 5.90. The van der Waals surface area contributed by atoms with Crippen molar-refractivity contribution in [1.29, 1.82) is 0 Å². The van der Waals surface area contributed by atoms with Gasteiger partial charge in [0.15, 0.2) is 0 Å². The van der Waals surface area contributed by atoms with Crippen LogP contribution in [0.2, 0.25) is 0 Å². The Morgan fingerprint density at radius 1 is 1.07 bits per heavy atom. The smallest absolute Gasteiger partial charge is 0.416 e. The predicted octanol–water partition coefficient (Wildman–Crippen LogP) is 5.83. The van der Waals surface area contributed by atoms with E-state index in [0.717, 1.165) is 16.1 Å². The summed E-state index contributed by atoms with van der Waals surface area (Å²) in [5, 5.41) is 12.1. The highest BCUT2D eigenvalue weighted by Crippen LogP contribution is 2.42. The molecule has 0 radical (unpaired) electrons. The number of hydrogen-bond acceptors (Lipinski definition) is 2. The first-order valence-corrected chi connectivity index (χ1v) is 10.0. The van der Waals surface area contributed by atoms with Gasteiger partial charge < -0.3 is 10.4 Å². The molecule has 0 heterocycles. The van der Waals surface area contributed by atoms with E-state index in [-0.39, 0.29) is 6.42 Å². The summed E-state index contributed by atoms with van der Waals surface area (Å²) in [6, 6.07) is 8.96. The second kappa shape index (κ2) is 8.75. The maximum absolute atomic E-state index is 14.1. The van der Waals surface area contributed by atoms with Gasteiger partial charge in [0.1, 0.15) is 5.82 Å². The molecule has 2 aromatic carbocycles. The van der Waals surface area contributed by atoms with E-state index in [4.69, 9.17) is 0 Å². The molecule has 1 saturated carbocycles. The summed E-state index contributed by atoms with van der Waals surface area (Å²) in [4.78, 5) is 24.8. The van der Waals surface area contributed by atoms with Crippen molar-refractivity contribution < 1.29 is 32.3 Å². The summed E-state index contributed by atoms with van der Waals surface area (Å²) >= 11 is 3.32. The minimum atomic E-state index is -4.71. The Balaban J connectivity index is 1.83. The van der Waals surface area contributed by atoms with Crippen molar-refractivity contribution in [3.05, 3.63) is 63.9 Å². The molecule has 3 atom stereocenters. The zero-order valence-corrected chi connectivity index (χ0v) is 17.1. The predicted molar refractivity (Wildman–Crippen MR) is 105 cm³/mol. The molecule has 1 fully saturated rings. The number of amides is 1. The number of carboxylic acid groups (broad SMARTS) is 1. The van der Waals surface area contributed by atoms with E-state index in [1.165, 1.54) is 0 Å². The Hall–Kier alpha value is -2.42. The van der Waals surface area contributed by atoms with Crippen LogP contribution in [0.3, 0.4) is 0 Å². The van der Waals surface area contributed by atoms with Crippen LogP contribution in [-0.2, 0) is 15.8 Å². The van der Waals surface area contributed by atoms with Crippen LogP contribution in [0.5, 0.6) is 0 Å². The fourth-order valence-corrected chi connectivity index (χ4v) is 4.20. The van der Waals surface area contributed by atoms with E-state index >= 15 is 0 Å². The number of carbonyl (C=O) groups excluding carboxylic acids is 1. The molecule has 1 aliphatic rings. The third-order valence-electron chi connectivity index (χ3n) is 5.37. The minimum Gasteiger partial charge on any atom is -0.481 e. The summed E-state index contributed by atoms with van der Waals surface area (Å²) in [6.07, 6.45) is -3.24. The molecular weight excluding hydrogens is 470 g/mol. The molecule has 160 valence electrons. The van der Waals surface area contributed by atoms with Crippen LogP contribution in [0.15, 0.2) is 46.9 Å². The lowest BCUT2D eigenvalue weighted by Crippen LogP contribution is -2.40. The molecule has 0 aromatic heterocycles. The van der Waals surface area contributed by atoms with Gasteiger partial charge in [-0.15, -0.1) is 0 Å². The molecule has 30 heavy (non-hydrogen) atoms. The molecule has 0 bridgehead atoms. The van der Waals surface area contributed by atoms with E-state index in [1.54, 1.807) is 24.3 Å². The summed E-state index contributed by atoms with van der Waals surface area (Å²) in [5.74, 6) is -5.47. The SMILES string of the molecule is O=C(O)[C@@H]1[C@@H](c2ccc(Br)cc2)CCC[C@H]1C(=O)Nc1ccc(C(F)(F)F)cc1F. The molecule has 3 rings (SSSR count). The number of benzene rings is 2. The number of nitrogens with one attached hydrogen (secondary N) is 1. The lowest BCUT2D eigenvalue weighted by molar-refractivity contribution is -0.148. The van der Waals surface area contributed by atoms with Crippen LogP contribution in [0, 0.1) is 17.7 Å². The first kappa shape index (κ1) is 22.3. The highest BCUT2D eigenvalue weighted by molar-refractivity contribution is 9.10. The zero-order valence-electron chi connectivity index (χ0n) is 15.5. The van der Waals surface area contributed by atoms with Crippen molar-refractivity contribution in [1.82, 2.24) is 0 Å². The normalized spacial score (nSPS) is 21.8. The first-order valence-electron chi connectivity index (χ1n) is 9.24. The Morgan fingerprint density at radius 2 is 1.73 bits per heavy atom. The van der Waals surface area contributed by atoms with Crippen LogP contribution in [0.25, 0.3) is 0 Å². The highest BCUT2D eigenvalue weighted by Gasteiger charge is 2.43. The van der Waals surface area contributed by atoms with Gasteiger partial charge in [0, 0.05) is 4.47 Å². The molecule has 0 saturated heterocycles. The molecule has 0 spiro atoms. The number of carboxylic acids is 1. The van der Waals surface area contributed by atoms with E-state index in [2.05, 4.69) is 21.2 Å². The molecule has 4 nitrogen and oxygen atoms in total. The standard InChI is InChI=1S/C21H18BrF4NO3/c22-13-7-4-11(5-8-13)14-2-1-3-15(18(14)20(29)30)19(28)27-17-9-6-12(10-16(17)23)21(24,25)26/h4-10,14-15,18H,1-3H2,(H,27,28)(H,29,30)/t14-,15-,18-/m1/s1. The second-order valence-corrected chi connectivity index (χ2v) is 8.16. The van der Waals surface area contributed by atoms with Crippen molar-refractivity contribution in [2.24, 2.45) is 11.8 Å². The molecule has 2 aromatic rings. The lowest BCUT2D eigenvalue weighted by Gasteiger charge is -2.35. The number of rotatable bonds is 4.